The van der Waals surface area contributed by atoms with Crippen molar-refractivity contribution in [3.63, 3.8) is 0 Å². The van der Waals surface area contributed by atoms with Crippen LogP contribution < -0.4 is 10.1 Å². The monoisotopic (exact) mass is 365 g/mol. The smallest absolute Gasteiger partial charge is 0.344 e. The van der Waals surface area contributed by atoms with E-state index < -0.39 is 23.8 Å². The summed E-state index contributed by atoms with van der Waals surface area (Å²) in [6.45, 7) is 2.95. The lowest BCUT2D eigenvalue weighted by Gasteiger charge is -2.15. The number of carbonyl (C=O) groups excluding carboxylic acids is 2. The number of rotatable bonds is 6. The van der Waals surface area contributed by atoms with Crippen LogP contribution >= 0.6 is 11.6 Å². The van der Waals surface area contributed by atoms with Crippen molar-refractivity contribution in [3.05, 3.63) is 58.9 Å². The minimum absolute atomic E-state index is 0.0507. The predicted molar refractivity (Wildman–Crippen MR) is 92.3 cm³/mol. The number of carbonyl (C=O) groups is 2. The first kappa shape index (κ1) is 18.7. The fourth-order valence-corrected chi connectivity index (χ4v) is 2.18. The van der Waals surface area contributed by atoms with Gasteiger partial charge in [-0.2, -0.15) is 0 Å². The number of aryl methyl sites for hydroxylation is 1. The van der Waals surface area contributed by atoms with E-state index in [9.17, 15) is 14.0 Å². The van der Waals surface area contributed by atoms with Crippen LogP contribution in [0.15, 0.2) is 42.5 Å². The third-order valence-corrected chi connectivity index (χ3v) is 3.62. The van der Waals surface area contributed by atoms with Gasteiger partial charge in [-0.05, 0) is 43.7 Å². The van der Waals surface area contributed by atoms with Gasteiger partial charge in [0.2, 0.25) is 0 Å². The molecule has 0 radical (unpaired) electrons. The van der Waals surface area contributed by atoms with Crippen LogP contribution in [-0.4, -0.2) is 24.6 Å². The number of para-hydroxylation sites is 1. The van der Waals surface area contributed by atoms with Crippen molar-refractivity contribution in [1.29, 1.82) is 0 Å². The van der Waals surface area contributed by atoms with Crippen molar-refractivity contribution in [2.45, 2.75) is 20.0 Å². The van der Waals surface area contributed by atoms with Crippen molar-refractivity contribution >= 4 is 29.2 Å². The molecule has 25 heavy (non-hydrogen) atoms. The highest BCUT2D eigenvalue weighted by atomic mass is 35.5. The number of anilines is 1. The molecule has 0 unspecified atom stereocenters. The molecule has 1 atom stereocenters. The second-order valence-corrected chi connectivity index (χ2v) is 5.71. The molecular formula is C18H17ClFNO4. The topological polar surface area (TPSA) is 64.6 Å². The largest absolute Gasteiger partial charge is 0.482 e. The summed E-state index contributed by atoms with van der Waals surface area (Å²) >= 11 is 5.83. The molecule has 1 amide bonds. The van der Waals surface area contributed by atoms with Gasteiger partial charge in [0.25, 0.3) is 5.91 Å². The molecule has 1 N–H and O–H groups in total. The number of halogens is 2. The Morgan fingerprint density at radius 2 is 1.96 bits per heavy atom. The van der Waals surface area contributed by atoms with Crippen molar-refractivity contribution in [2.75, 3.05) is 11.9 Å². The summed E-state index contributed by atoms with van der Waals surface area (Å²) in [5.74, 6) is -1.22. The van der Waals surface area contributed by atoms with E-state index in [4.69, 9.17) is 21.1 Å². The van der Waals surface area contributed by atoms with Gasteiger partial charge in [0.1, 0.15) is 11.6 Å². The molecule has 0 aliphatic carbocycles. The molecule has 0 heterocycles. The Kier molecular flexibility index (Phi) is 6.36. The van der Waals surface area contributed by atoms with Crippen LogP contribution in [-0.2, 0) is 14.3 Å². The lowest BCUT2D eigenvalue weighted by Crippen LogP contribution is -2.31. The Balaban J connectivity index is 1.85. The zero-order valence-electron chi connectivity index (χ0n) is 13.7. The fraction of sp³-hybridized carbons (Fsp3) is 0.222. The lowest BCUT2D eigenvalue weighted by molar-refractivity contribution is -0.155. The average molecular weight is 366 g/mol. The lowest BCUT2D eigenvalue weighted by atomic mass is 10.2. The van der Waals surface area contributed by atoms with E-state index in [-0.39, 0.29) is 17.3 Å². The van der Waals surface area contributed by atoms with Gasteiger partial charge >= 0.3 is 5.97 Å². The number of amides is 1. The molecule has 0 aliphatic heterocycles. The van der Waals surface area contributed by atoms with Crippen LogP contribution in [0.4, 0.5) is 10.1 Å². The summed E-state index contributed by atoms with van der Waals surface area (Å²) in [4.78, 5) is 23.8. The molecule has 0 spiro atoms. The highest BCUT2D eigenvalue weighted by Crippen LogP contribution is 2.22. The summed E-state index contributed by atoms with van der Waals surface area (Å²) < 4.78 is 23.4. The van der Waals surface area contributed by atoms with Gasteiger partial charge < -0.3 is 14.8 Å². The van der Waals surface area contributed by atoms with E-state index in [2.05, 4.69) is 5.32 Å². The standard InChI is InChI=1S/C18H17ClFNO4/c1-11-5-3-4-6-16(11)24-10-17(22)25-12(2)18(23)21-15-8-7-13(20)9-14(15)19/h3-9,12H,10H2,1-2H3,(H,21,23)/t12-/m1/s1. The second kappa shape index (κ2) is 8.48. The molecule has 7 heteroatoms. The maximum atomic E-state index is 13.0. The van der Waals surface area contributed by atoms with Crippen LogP contribution in [0.3, 0.4) is 0 Å². The Labute approximate surface area is 149 Å². The third kappa shape index (κ3) is 5.46. The first-order valence-corrected chi connectivity index (χ1v) is 7.88. The minimum atomic E-state index is -1.06. The summed E-state index contributed by atoms with van der Waals surface area (Å²) in [7, 11) is 0. The molecule has 0 fully saturated rings. The maximum Gasteiger partial charge on any atom is 0.344 e. The summed E-state index contributed by atoms with van der Waals surface area (Å²) in [6.07, 6.45) is -1.06. The SMILES string of the molecule is Cc1ccccc1OCC(=O)O[C@H](C)C(=O)Nc1ccc(F)cc1Cl. The number of benzene rings is 2. The van der Waals surface area contributed by atoms with Gasteiger partial charge in [0.15, 0.2) is 12.7 Å². The second-order valence-electron chi connectivity index (χ2n) is 5.30. The Hall–Kier alpha value is -2.60. The number of ether oxygens (including phenoxy) is 2. The van der Waals surface area contributed by atoms with E-state index >= 15 is 0 Å². The van der Waals surface area contributed by atoms with Crippen LogP contribution in [0.5, 0.6) is 5.75 Å². The first-order valence-electron chi connectivity index (χ1n) is 7.50. The highest BCUT2D eigenvalue weighted by Gasteiger charge is 2.19. The van der Waals surface area contributed by atoms with Crippen molar-refractivity contribution in [3.8, 4) is 5.75 Å². The van der Waals surface area contributed by atoms with E-state index in [1.54, 1.807) is 12.1 Å². The average Bonchev–Trinajstić information content (AvgIpc) is 2.56. The maximum absolute atomic E-state index is 13.0. The quantitative estimate of drug-likeness (QED) is 0.792. The Morgan fingerprint density at radius 1 is 1.24 bits per heavy atom. The molecule has 0 saturated heterocycles. The molecular weight excluding hydrogens is 349 g/mol. The van der Waals surface area contributed by atoms with Crippen LogP contribution in [0.1, 0.15) is 12.5 Å². The van der Waals surface area contributed by atoms with Crippen LogP contribution in [0.2, 0.25) is 5.02 Å². The van der Waals surface area contributed by atoms with Crippen molar-refractivity contribution in [2.24, 2.45) is 0 Å². The fourth-order valence-electron chi connectivity index (χ4n) is 1.96. The summed E-state index contributed by atoms with van der Waals surface area (Å²) in [6, 6.07) is 10.8. The molecule has 132 valence electrons. The number of nitrogens with one attached hydrogen (secondary N) is 1. The Morgan fingerprint density at radius 3 is 2.64 bits per heavy atom. The van der Waals surface area contributed by atoms with Gasteiger partial charge in [-0.25, -0.2) is 9.18 Å². The third-order valence-electron chi connectivity index (χ3n) is 3.31. The van der Waals surface area contributed by atoms with Gasteiger partial charge in [-0.15, -0.1) is 0 Å². The molecule has 2 rings (SSSR count). The molecule has 2 aromatic rings. The Bertz CT molecular complexity index is 781. The molecule has 2 aromatic carbocycles. The van der Waals surface area contributed by atoms with Gasteiger partial charge in [0.05, 0.1) is 10.7 Å². The van der Waals surface area contributed by atoms with E-state index in [0.29, 0.717) is 5.75 Å². The molecule has 0 saturated carbocycles. The summed E-state index contributed by atoms with van der Waals surface area (Å²) in [5.41, 5.74) is 1.11. The zero-order valence-corrected chi connectivity index (χ0v) is 14.5. The summed E-state index contributed by atoms with van der Waals surface area (Å²) in [5, 5.41) is 2.52. The molecule has 0 aromatic heterocycles. The molecule has 0 aliphatic rings. The van der Waals surface area contributed by atoms with Gasteiger partial charge in [-0.1, -0.05) is 29.8 Å². The van der Waals surface area contributed by atoms with E-state index in [1.807, 2.05) is 19.1 Å². The van der Waals surface area contributed by atoms with Crippen molar-refractivity contribution < 1.29 is 23.5 Å². The normalized spacial score (nSPS) is 11.5. The van der Waals surface area contributed by atoms with E-state index in [1.165, 1.54) is 13.0 Å². The van der Waals surface area contributed by atoms with Gasteiger partial charge in [0, 0.05) is 0 Å². The van der Waals surface area contributed by atoms with Crippen molar-refractivity contribution in [1.82, 2.24) is 0 Å². The highest BCUT2D eigenvalue weighted by molar-refractivity contribution is 6.33. The van der Waals surface area contributed by atoms with Crippen LogP contribution in [0, 0.1) is 12.7 Å². The number of hydrogen-bond donors (Lipinski definition) is 1. The number of hydrogen-bond acceptors (Lipinski definition) is 4. The van der Waals surface area contributed by atoms with Crippen LogP contribution in [0.25, 0.3) is 0 Å². The zero-order chi connectivity index (χ0) is 18.4. The van der Waals surface area contributed by atoms with Gasteiger partial charge in [-0.3, -0.25) is 4.79 Å². The minimum Gasteiger partial charge on any atom is -0.482 e. The molecule has 5 nitrogen and oxygen atoms in total. The first-order chi connectivity index (χ1) is 11.9. The predicted octanol–water partition coefficient (Wildman–Crippen LogP) is 3.74. The number of esters is 1. The van der Waals surface area contributed by atoms with E-state index in [0.717, 1.165) is 17.7 Å². The molecule has 0 bridgehead atoms.